The van der Waals surface area contributed by atoms with Crippen LogP contribution >= 0.6 is 24.0 Å². The molecular formula is C19H18N2O3S2. The van der Waals surface area contributed by atoms with Crippen LogP contribution in [-0.4, -0.2) is 37.7 Å². The Labute approximate surface area is 161 Å². The Bertz CT molecular complexity index is 895. The molecule has 26 heavy (non-hydrogen) atoms. The van der Waals surface area contributed by atoms with Crippen LogP contribution in [0.3, 0.4) is 0 Å². The number of pyridine rings is 1. The Kier molecular flexibility index (Phi) is 6.00. The molecule has 0 bridgehead atoms. The van der Waals surface area contributed by atoms with Crippen molar-refractivity contribution in [1.82, 2.24) is 9.88 Å². The molecule has 3 rings (SSSR count). The van der Waals surface area contributed by atoms with Gasteiger partial charge in [0.15, 0.2) is 0 Å². The smallest absolute Gasteiger partial charge is 0.303 e. The van der Waals surface area contributed by atoms with Gasteiger partial charge in [-0.3, -0.25) is 14.5 Å². The van der Waals surface area contributed by atoms with Crippen molar-refractivity contribution in [2.45, 2.75) is 25.7 Å². The normalized spacial score (nSPS) is 16.0. The number of hydrogen-bond acceptors (Lipinski definition) is 5. The quantitative estimate of drug-likeness (QED) is 0.439. The summed E-state index contributed by atoms with van der Waals surface area (Å²) in [5.41, 5.74) is 1.61. The van der Waals surface area contributed by atoms with Crippen LogP contribution < -0.4 is 0 Å². The Morgan fingerprint density at radius 2 is 2.00 bits per heavy atom. The largest absolute Gasteiger partial charge is 0.481 e. The first-order chi connectivity index (χ1) is 12.5. The minimum Gasteiger partial charge on any atom is -0.481 e. The molecular weight excluding hydrogens is 368 g/mol. The fourth-order valence-corrected chi connectivity index (χ4v) is 4.01. The van der Waals surface area contributed by atoms with E-state index in [1.807, 2.05) is 36.4 Å². The van der Waals surface area contributed by atoms with Crippen molar-refractivity contribution in [3.8, 4) is 0 Å². The maximum Gasteiger partial charge on any atom is 0.303 e. The molecule has 1 aromatic heterocycles. The molecule has 1 aliphatic rings. The lowest BCUT2D eigenvalue weighted by molar-refractivity contribution is -0.137. The highest BCUT2D eigenvalue weighted by Crippen LogP contribution is 2.32. The molecule has 1 N–H and O–H groups in total. The van der Waals surface area contributed by atoms with Crippen molar-refractivity contribution in [3.63, 3.8) is 0 Å². The zero-order valence-electron chi connectivity index (χ0n) is 14.1. The SMILES string of the molecule is O=C(O)CCCCCN1C(=O)C(=Cc2ccc3ccccc3n2)SC1=S. The van der Waals surface area contributed by atoms with Gasteiger partial charge in [0.2, 0.25) is 0 Å². The summed E-state index contributed by atoms with van der Waals surface area (Å²) in [4.78, 5) is 29.8. The number of benzene rings is 1. The van der Waals surface area contributed by atoms with Crippen LogP contribution in [0, 0.1) is 0 Å². The Hall–Kier alpha value is -2.25. The van der Waals surface area contributed by atoms with Gasteiger partial charge in [-0.2, -0.15) is 0 Å². The van der Waals surface area contributed by atoms with Gasteiger partial charge in [-0.15, -0.1) is 0 Å². The average Bonchev–Trinajstić information content (AvgIpc) is 2.88. The number of unbranched alkanes of at least 4 members (excludes halogenated alkanes) is 2. The second-order valence-corrected chi connectivity index (χ2v) is 7.64. The van der Waals surface area contributed by atoms with Gasteiger partial charge in [-0.05, 0) is 31.1 Å². The zero-order valence-corrected chi connectivity index (χ0v) is 15.7. The van der Waals surface area contributed by atoms with Crippen molar-refractivity contribution in [3.05, 3.63) is 47.0 Å². The van der Waals surface area contributed by atoms with Gasteiger partial charge < -0.3 is 5.11 Å². The van der Waals surface area contributed by atoms with E-state index in [2.05, 4.69) is 4.98 Å². The molecule has 2 aromatic rings. The second-order valence-electron chi connectivity index (χ2n) is 5.97. The number of amides is 1. The number of carboxylic acid groups (broad SMARTS) is 1. The number of fused-ring (bicyclic) bond motifs is 1. The van der Waals surface area contributed by atoms with Crippen LogP contribution in [0.5, 0.6) is 0 Å². The highest BCUT2D eigenvalue weighted by Gasteiger charge is 2.31. The van der Waals surface area contributed by atoms with Crippen molar-refractivity contribution in [1.29, 1.82) is 0 Å². The number of hydrogen-bond donors (Lipinski definition) is 1. The Morgan fingerprint density at radius 1 is 1.19 bits per heavy atom. The number of aromatic nitrogens is 1. The first-order valence-electron chi connectivity index (χ1n) is 8.37. The molecule has 0 radical (unpaired) electrons. The molecule has 0 unspecified atom stereocenters. The molecule has 1 saturated heterocycles. The molecule has 134 valence electrons. The Morgan fingerprint density at radius 3 is 2.81 bits per heavy atom. The molecule has 0 saturated carbocycles. The molecule has 0 aliphatic carbocycles. The van der Waals surface area contributed by atoms with E-state index in [9.17, 15) is 9.59 Å². The number of carboxylic acids is 1. The van der Waals surface area contributed by atoms with Crippen LogP contribution in [0.25, 0.3) is 17.0 Å². The fourth-order valence-electron chi connectivity index (χ4n) is 2.71. The van der Waals surface area contributed by atoms with Gasteiger partial charge >= 0.3 is 5.97 Å². The number of carbonyl (C=O) groups is 2. The fraction of sp³-hybridized carbons (Fsp3) is 0.263. The van der Waals surface area contributed by atoms with Crippen molar-refractivity contribution in [2.75, 3.05) is 6.54 Å². The van der Waals surface area contributed by atoms with Crippen molar-refractivity contribution < 1.29 is 14.7 Å². The number of carbonyl (C=O) groups excluding carboxylic acids is 1. The lowest BCUT2D eigenvalue weighted by Gasteiger charge is -2.13. The third-order valence-electron chi connectivity index (χ3n) is 4.04. The maximum absolute atomic E-state index is 12.6. The number of thioether (sulfide) groups is 1. The van der Waals surface area contributed by atoms with E-state index >= 15 is 0 Å². The number of thiocarbonyl (C=S) groups is 1. The maximum atomic E-state index is 12.6. The number of rotatable bonds is 7. The lowest BCUT2D eigenvalue weighted by Crippen LogP contribution is -2.29. The molecule has 0 spiro atoms. The Balaban J connectivity index is 1.65. The standard InChI is InChI=1S/C19H18N2O3S2/c22-17(23)8-2-1-5-11-21-18(24)16(26-19(21)25)12-14-10-9-13-6-3-4-7-15(13)20-14/h3-4,6-7,9-10,12H,1-2,5,8,11H2,(H,22,23). The minimum absolute atomic E-state index is 0.104. The summed E-state index contributed by atoms with van der Waals surface area (Å²) in [6.07, 6.45) is 4.04. The molecule has 7 heteroatoms. The first kappa shape index (κ1) is 18.5. The molecule has 1 aromatic carbocycles. The summed E-state index contributed by atoms with van der Waals surface area (Å²) in [6, 6.07) is 11.7. The van der Waals surface area contributed by atoms with Gasteiger partial charge in [0, 0.05) is 18.4 Å². The van der Waals surface area contributed by atoms with Crippen molar-refractivity contribution in [2.24, 2.45) is 0 Å². The summed E-state index contributed by atoms with van der Waals surface area (Å²) in [5, 5.41) is 9.70. The van der Waals surface area contributed by atoms with Gasteiger partial charge in [0.1, 0.15) is 4.32 Å². The van der Waals surface area contributed by atoms with Crippen molar-refractivity contribution >= 4 is 57.2 Å². The predicted molar refractivity (Wildman–Crippen MR) is 108 cm³/mol. The average molecular weight is 386 g/mol. The van der Waals surface area contributed by atoms with Gasteiger partial charge in [-0.1, -0.05) is 54.7 Å². The second kappa shape index (κ2) is 8.42. The molecule has 0 atom stereocenters. The van der Waals surface area contributed by atoms with E-state index < -0.39 is 5.97 Å². The van der Waals surface area contributed by atoms with Crippen LogP contribution in [0.15, 0.2) is 41.3 Å². The number of aliphatic carboxylic acids is 1. The lowest BCUT2D eigenvalue weighted by atomic mass is 10.2. The molecule has 5 nitrogen and oxygen atoms in total. The first-order valence-corrected chi connectivity index (χ1v) is 9.60. The number of nitrogens with zero attached hydrogens (tertiary/aromatic N) is 2. The third kappa shape index (κ3) is 4.47. The van der Waals surface area contributed by atoms with E-state index in [1.165, 1.54) is 11.8 Å². The molecule has 1 fully saturated rings. The highest BCUT2D eigenvalue weighted by atomic mass is 32.2. The summed E-state index contributed by atoms with van der Waals surface area (Å²) >= 11 is 6.61. The van der Waals surface area contributed by atoms with E-state index in [0.29, 0.717) is 22.2 Å². The minimum atomic E-state index is -0.790. The van der Waals surface area contributed by atoms with Crippen LogP contribution in [0.1, 0.15) is 31.4 Å². The van der Waals surface area contributed by atoms with Gasteiger partial charge in [0.05, 0.1) is 16.1 Å². The summed E-state index contributed by atoms with van der Waals surface area (Å²) in [7, 11) is 0. The van der Waals surface area contributed by atoms with E-state index in [-0.39, 0.29) is 12.3 Å². The van der Waals surface area contributed by atoms with Gasteiger partial charge in [0.25, 0.3) is 5.91 Å². The summed E-state index contributed by atoms with van der Waals surface area (Å²) in [5.74, 6) is -0.894. The van der Waals surface area contributed by atoms with E-state index in [1.54, 1.807) is 11.0 Å². The topological polar surface area (TPSA) is 70.5 Å². The monoisotopic (exact) mass is 386 g/mol. The van der Waals surface area contributed by atoms with E-state index in [4.69, 9.17) is 17.3 Å². The molecule has 1 amide bonds. The van der Waals surface area contributed by atoms with Gasteiger partial charge in [-0.25, -0.2) is 4.98 Å². The molecule has 1 aliphatic heterocycles. The summed E-state index contributed by atoms with van der Waals surface area (Å²) < 4.78 is 0.542. The summed E-state index contributed by atoms with van der Waals surface area (Å²) in [6.45, 7) is 0.521. The van der Waals surface area contributed by atoms with E-state index in [0.717, 1.165) is 29.4 Å². The van der Waals surface area contributed by atoms with Crippen LogP contribution in [-0.2, 0) is 9.59 Å². The zero-order chi connectivity index (χ0) is 18.5. The van der Waals surface area contributed by atoms with Crippen LogP contribution in [0.4, 0.5) is 0 Å². The predicted octanol–water partition coefficient (Wildman–Crippen LogP) is 4.08. The van der Waals surface area contributed by atoms with Crippen LogP contribution in [0.2, 0.25) is 0 Å². The highest BCUT2D eigenvalue weighted by molar-refractivity contribution is 8.26. The molecule has 2 heterocycles. The number of para-hydroxylation sites is 1. The third-order valence-corrected chi connectivity index (χ3v) is 5.42.